The lowest BCUT2D eigenvalue weighted by atomic mass is 9.91. The number of nitrogens with one attached hydrogen (secondary N) is 1. The molecule has 25 heavy (non-hydrogen) atoms. The number of fused-ring (bicyclic) bond motifs is 1. The summed E-state index contributed by atoms with van der Waals surface area (Å²) >= 11 is 0. The van der Waals surface area contributed by atoms with Gasteiger partial charge in [0.05, 0.1) is 24.6 Å². The van der Waals surface area contributed by atoms with Gasteiger partial charge < -0.3 is 4.90 Å². The maximum Gasteiger partial charge on any atom is 0.417 e. The van der Waals surface area contributed by atoms with Crippen LogP contribution in [0.1, 0.15) is 6.92 Å². The van der Waals surface area contributed by atoms with Crippen LogP contribution in [0.15, 0.2) is 41.0 Å². The highest BCUT2D eigenvalue weighted by Gasteiger charge is 2.50. The number of carbonyl (C=O) groups is 2. The van der Waals surface area contributed by atoms with Crippen LogP contribution in [0.25, 0.3) is 0 Å². The Morgan fingerprint density at radius 1 is 1.08 bits per heavy atom. The van der Waals surface area contributed by atoms with Gasteiger partial charge in [0, 0.05) is 32.4 Å². The molecule has 1 atom stereocenters. The summed E-state index contributed by atoms with van der Waals surface area (Å²) in [4.78, 5) is 37.2. The van der Waals surface area contributed by atoms with Gasteiger partial charge in [-0.15, -0.1) is 0 Å². The molecule has 0 bridgehead atoms. The van der Waals surface area contributed by atoms with Gasteiger partial charge in [0.1, 0.15) is 0 Å². The Kier molecular flexibility index (Phi) is 4.16. The van der Waals surface area contributed by atoms with Gasteiger partial charge in [-0.3, -0.25) is 9.79 Å². The fourth-order valence-corrected chi connectivity index (χ4v) is 2.95. The highest BCUT2D eigenvalue weighted by Crippen LogP contribution is 2.25. The summed E-state index contributed by atoms with van der Waals surface area (Å²) < 4.78 is 0. The Morgan fingerprint density at radius 3 is 2.32 bits per heavy atom. The van der Waals surface area contributed by atoms with E-state index < -0.39 is 5.92 Å². The largest absolute Gasteiger partial charge is 0.417 e. The van der Waals surface area contributed by atoms with Crippen LogP contribution in [-0.4, -0.2) is 61.5 Å². The molecular formula is C18H22N5O2+. The lowest BCUT2D eigenvalue weighted by Crippen LogP contribution is -2.80. The van der Waals surface area contributed by atoms with Gasteiger partial charge in [-0.2, -0.15) is 4.90 Å². The van der Waals surface area contributed by atoms with E-state index >= 15 is 0 Å². The van der Waals surface area contributed by atoms with Crippen molar-refractivity contribution in [3.05, 3.63) is 36.0 Å². The van der Waals surface area contributed by atoms with Crippen LogP contribution in [0.5, 0.6) is 0 Å². The quantitative estimate of drug-likeness (QED) is 0.845. The number of carbonyl (C=O) groups excluding carboxylic acids is 2. The van der Waals surface area contributed by atoms with Crippen molar-refractivity contribution in [2.24, 2.45) is 10.9 Å². The fraction of sp³-hybridized carbons (Fsp3) is 0.333. The minimum Gasteiger partial charge on any atom is -0.378 e. The summed E-state index contributed by atoms with van der Waals surface area (Å²) in [5.74, 6) is -0.338. The number of anilines is 1. The van der Waals surface area contributed by atoms with Crippen molar-refractivity contribution < 1.29 is 14.6 Å². The zero-order valence-electron chi connectivity index (χ0n) is 15.1. The van der Waals surface area contributed by atoms with Crippen molar-refractivity contribution in [2.75, 3.05) is 33.1 Å². The SMILES string of the molecule is CC1=C[NH+]=C2C(C(=O)N(C)C(=O)N2C)C1=Nc1ccc(N(C)C)cc1. The second-order valence-electron chi connectivity index (χ2n) is 6.44. The maximum absolute atomic E-state index is 12.7. The molecule has 1 aromatic rings. The third-order valence-corrected chi connectivity index (χ3v) is 4.52. The van der Waals surface area contributed by atoms with Gasteiger partial charge in [-0.05, 0) is 31.2 Å². The zero-order chi connectivity index (χ0) is 18.3. The minimum atomic E-state index is -0.605. The first kappa shape index (κ1) is 16.9. The second kappa shape index (κ2) is 6.16. The van der Waals surface area contributed by atoms with Gasteiger partial charge in [0.15, 0.2) is 5.92 Å². The van der Waals surface area contributed by atoms with E-state index in [1.54, 1.807) is 13.2 Å². The average Bonchev–Trinajstić information content (AvgIpc) is 2.60. The number of benzene rings is 1. The molecule has 1 saturated heterocycles. The lowest BCUT2D eigenvalue weighted by molar-refractivity contribution is -0.383. The first-order valence-corrected chi connectivity index (χ1v) is 8.03. The van der Waals surface area contributed by atoms with E-state index in [9.17, 15) is 9.59 Å². The summed E-state index contributed by atoms with van der Waals surface area (Å²) in [5.41, 5.74) is 3.37. The summed E-state index contributed by atoms with van der Waals surface area (Å²) in [6.45, 7) is 1.90. The monoisotopic (exact) mass is 340 g/mol. The first-order chi connectivity index (χ1) is 11.8. The third kappa shape index (κ3) is 2.82. The van der Waals surface area contributed by atoms with E-state index in [4.69, 9.17) is 4.99 Å². The third-order valence-electron chi connectivity index (χ3n) is 4.52. The number of rotatable bonds is 2. The number of allylic oxidation sites excluding steroid dienone is 1. The van der Waals surface area contributed by atoms with Crippen LogP contribution in [-0.2, 0) is 4.79 Å². The van der Waals surface area contributed by atoms with Crippen molar-refractivity contribution in [2.45, 2.75) is 6.92 Å². The van der Waals surface area contributed by atoms with E-state index in [-0.39, 0.29) is 11.9 Å². The van der Waals surface area contributed by atoms with Gasteiger partial charge in [0.25, 0.3) is 11.7 Å². The first-order valence-electron chi connectivity index (χ1n) is 8.03. The molecule has 130 valence electrons. The van der Waals surface area contributed by atoms with Crippen molar-refractivity contribution in [3.8, 4) is 0 Å². The zero-order valence-corrected chi connectivity index (χ0v) is 15.1. The molecule has 0 aromatic heterocycles. The molecule has 2 heterocycles. The number of amidine groups is 1. The topological polar surface area (TPSA) is 70.2 Å². The molecule has 0 saturated carbocycles. The van der Waals surface area contributed by atoms with Crippen LogP contribution in [0.3, 0.4) is 0 Å². The molecule has 0 radical (unpaired) electrons. The van der Waals surface area contributed by atoms with Crippen molar-refractivity contribution in [1.82, 2.24) is 9.80 Å². The molecule has 0 aliphatic carbocycles. The minimum absolute atomic E-state index is 0.276. The van der Waals surface area contributed by atoms with Crippen molar-refractivity contribution >= 4 is 34.9 Å². The standard InChI is InChI=1S/C18H21N5O2/c1-11-10-19-16-14(17(24)23(5)18(25)22(16)4)15(11)20-12-6-8-13(9-7-12)21(2)3/h6-10,14H,1-5H3/p+1. The molecule has 3 rings (SSSR count). The van der Waals surface area contributed by atoms with Gasteiger partial charge >= 0.3 is 6.03 Å². The highest BCUT2D eigenvalue weighted by molar-refractivity contribution is 6.31. The molecule has 3 amide bonds. The number of urea groups is 1. The van der Waals surface area contributed by atoms with E-state index in [0.717, 1.165) is 21.8 Å². The Hall–Kier alpha value is -2.96. The molecule has 2 aliphatic rings. The van der Waals surface area contributed by atoms with Crippen LogP contribution in [0.2, 0.25) is 0 Å². The Labute approximate surface area is 147 Å². The summed E-state index contributed by atoms with van der Waals surface area (Å²) in [7, 11) is 7.10. The normalized spacial score (nSPS) is 22.0. The van der Waals surface area contributed by atoms with E-state index in [1.807, 2.05) is 50.2 Å². The average molecular weight is 340 g/mol. The second-order valence-corrected chi connectivity index (χ2v) is 6.44. The van der Waals surface area contributed by atoms with E-state index in [2.05, 4.69) is 4.99 Å². The van der Waals surface area contributed by atoms with Crippen molar-refractivity contribution in [1.29, 1.82) is 0 Å². The van der Waals surface area contributed by atoms with Crippen molar-refractivity contribution in [3.63, 3.8) is 0 Å². The fourth-order valence-electron chi connectivity index (χ4n) is 2.95. The number of aliphatic imine (C=N–C) groups is 1. The molecule has 1 aromatic carbocycles. The maximum atomic E-state index is 12.7. The molecule has 7 nitrogen and oxygen atoms in total. The van der Waals surface area contributed by atoms with Crippen LogP contribution >= 0.6 is 0 Å². The summed E-state index contributed by atoms with van der Waals surface area (Å²) in [6, 6.07) is 7.45. The van der Waals surface area contributed by atoms with Crippen LogP contribution in [0, 0.1) is 5.92 Å². The van der Waals surface area contributed by atoms with Gasteiger partial charge in [0.2, 0.25) is 0 Å². The smallest absolute Gasteiger partial charge is 0.378 e. The molecular weight excluding hydrogens is 318 g/mol. The predicted octanol–water partition coefficient (Wildman–Crippen LogP) is 0.362. The van der Waals surface area contributed by atoms with Crippen LogP contribution < -0.4 is 9.89 Å². The number of hydrogen-bond donors (Lipinski definition) is 1. The lowest BCUT2D eigenvalue weighted by Gasteiger charge is -2.32. The number of hydrogen-bond acceptors (Lipinski definition) is 4. The Morgan fingerprint density at radius 2 is 1.72 bits per heavy atom. The number of amides is 3. The van der Waals surface area contributed by atoms with Crippen LogP contribution in [0.4, 0.5) is 16.2 Å². The Bertz CT molecular complexity index is 820. The highest BCUT2D eigenvalue weighted by atomic mass is 16.2. The molecule has 1 N–H and O–H groups in total. The molecule has 7 heteroatoms. The summed E-state index contributed by atoms with van der Waals surface area (Å²) in [6.07, 6.45) is 1.78. The summed E-state index contributed by atoms with van der Waals surface area (Å²) in [5, 5.41) is 0. The number of imide groups is 1. The number of nitrogens with zero attached hydrogens (tertiary/aromatic N) is 4. The van der Waals surface area contributed by atoms with Gasteiger partial charge in [-0.1, -0.05) is 0 Å². The predicted molar refractivity (Wildman–Crippen MR) is 97.0 cm³/mol. The van der Waals surface area contributed by atoms with Gasteiger partial charge in [-0.25, -0.2) is 14.7 Å². The molecule has 1 unspecified atom stereocenters. The Balaban J connectivity index is 2.03. The molecule has 1 fully saturated rings. The van der Waals surface area contributed by atoms with E-state index in [1.165, 1.54) is 11.9 Å². The van der Waals surface area contributed by atoms with E-state index in [0.29, 0.717) is 11.5 Å². The molecule has 0 spiro atoms. The molecule has 2 aliphatic heterocycles.